The Kier molecular flexibility index (Phi) is 2.02. The summed E-state index contributed by atoms with van der Waals surface area (Å²) in [7, 11) is 0. The first-order chi connectivity index (χ1) is 6.27. The Morgan fingerprint density at radius 2 is 2.23 bits per heavy atom. The molecule has 0 bridgehead atoms. The number of halogens is 1. The van der Waals surface area contributed by atoms with Crippen LogP contribution in [0.1, 0.15) is 0 Å². The third-order valence-corrected chi connectivity index (χ3v) is 2.27. The van der Waals surface area contributed by atoms with E-state index in [1.807, 2.05) is 18.2 Å². The molecule has 13 heavy (non-hydrogen) atoms. The summed E-state index contributed by atoms with van der Waals surface area (Å²) in [5.41, 5.74) is 7.25. The minimum Gasteiger partial charge on any atom is -0.399 e. The molecule has 0 radical (unpaired) electrons. The van der Waals surface area contributed by atoms with Crippen molar-refractivity contribution in [3.8, 4) is 5.69 Å². The van der Waals surface area contributed by atoms with Crippen molar-refractivity contribution in [1.29, 1.82) is 0 Å². The Bertz CT molecular complexity index is 410. The van der Waals surface area contributed by atoms with Gasteiger partial charge in [-0.3, -0.25) is 0 Å². The minimum atomic E-state index is 0.718. The van der Waals surface area contributed by atoms with Crippen LogP contribution < -0.4 is 5.73 Å². The zero-order chi connectivity index (χ0) is 9.26. The number of nitrogens with two attached hydrogens (primary N) is 1. The second kappa shape index (κ2) is 3.18. The Morgan fingerprint density at radius 3 is 2.85 bits per heavy atom. The molecule has 0 aliphatic carbocycles. The van der Waals surface area contributed by atoms with Gasteiger partial charge in [-0.25, -0.2) is 9.67 Å². The molecular formula is C8H7BrN4. The van der Waals surface area contributed by atoms with Gasteiger partial charge in [-0.1, -0.05) is 0 Å². The van der Waals surface area contributed by atoms with E-state index in [0.29, 0.717) is 0 Å². The fourth-order valence-corrected chi connectivity index (χ4v) is 1.62. The summed E-state index contributed by atoms with van der Waals surface area (Å²) in [6.07, 6.45) is 3.12. The highest BCUT2D eigenvalue weighted by Gasteiger charge is 2.02. The average molecular weight is 239 g/mol. The quantitative estimate of drug-likeness (QED) is 0.769. The number of nitrogen functional groups attached to an aromatic ring is 1. The van der Waals surface area contributed by atoms with Crippen LogP contribution in [0.2, 0.25) is 0 Å². The summed E-state index contributed by atoms with van der Waals surface area (Å²) in [6.45, 7) is 0. The number of nitrogens with zero attached hydrogens (tertiary/aromatic N) is 3. The number of hydrogen-bond acceptors (Lipinski definition) is 3. The van der Waals surface area contributed by atoms with E-state index in [1.54, 1.807) is 11.0 Å². The average Bonchev–Trinajstić information content (AvgIpc) is 2.56. The van der Waals surface area contributed by atoms with Crippen LogP contribution in [0.25, 0.3) is 5.69 Å². The summed E-state index contributed by atoms with van der Waals surface area (Å²) in [6, 6.07) is 5.53. The fraction of sp³-hybridized carbons (Fsp3) is 0. The van der Waals surface area contributed by atoms with Crippen LogP contribution in [-0.4, -0.2) is 14.8 Å². The monoisotopic (exact) mass is 238 g/mol. The number of aromatic nitrogens is 3. The molecule has 0 unspecified atom stereocenters. The van der Waals surface area contributed by atoms with E-state index in [-0.39, 0.29) is 0 Å². The molecule has 0 fully saturated rings. The second-order valence-electron chi connectivity index (χ2n) is 2.55. The first-order valence-electron chi connectivity index (χ1n) is 3.67. The highest BCUT2D eigenvalue weighted by molar-refractivity contribution is 9.10. The fourth-order valence-electron chi connectivity index (χ4n) is 1.04. The third kappa shape index (κ3) is 1.55. The smallest absolute Gasteiger partial charge is 0.138 e. The molecule has 66 valence electrons. The number of benzene rings is 1. The van der Waals surface area contributed by atoms with Crippen LogP contribution in [-0.2, 0) is 0 Å². The van der Waals surface area contributed by atoms with Gasteiger partial charge in [0, 0.05) is 10.2 Å². The maximum absolute atomic E-state index is 5.61. The van der Waals surface area contributed by atoms with Crippen LogP contribution in [0.3, 0.4) is 0 Å². The number of hydrogen-bond donors (Lipinski definition) is 1. The summed E-state index contributed by atoms with van der Waals surface area (Å²) in [5.74, 6) is 0. The lowest BCUT2D eigenvalue weighted by molar-refractivity contribution is 0.875. The molecule has 1 heterocycles. The lowest BCUT2D eigenvalue weighted by Crippen LogP contribution is -1.96. The molecule has 0 atom stereocenters. The van der Waals surface area contributed by atoms with Gasteiger partial charge in [0.2, 0.25) is 0 Å². The molecule has 0 aliphatic rings. The molecule has 1 aromatic carbocycles. The summed E-state index contributed by atoms with van der Waals surface area (Å²) in [5, 5.41) is 4.01. The molecule has 5 heteroatoms. The van der Waals surface area contributed by atoms with Gasteiger partial charge in [0.1, 0.15) is 12.7 Å². The van der Waals surface area contributed by atoms with Crippen molar-refractivity contribution in [3.63, 3.8) is 0 Å². The highest BCUT2D eigenvalue weighted by Crippen LogP contribution is 2.22. The normalized spacial score (nSPS) is 10.2. The van der Waals surface area contributed by atoms with Gasteiger partial charge in [-0.05, 0) is 34.1 Å². The van der Waals surface area contributed by atoms with Crippen LogP contribution >= 0.6 is 15.9 Å². The first kappa shape index (κ1) is 8.25. The van der Waals surface area contributed by atoms with Crippen LogP contribution in [0, 0.1) is 0 Å². The van der Waals surface area contributed by atoms with Crippen molar-refractivity contribution in [3.05, 3.63) is 35.3 Å². The van der Waals surface area contributed by atoms with Gasteiger partial charge in [-0.2, -0.15) is 5.10 Å². The molecule has 0 spiro atoms. The van der Waals surface area contributed by atoms with Gasteiger partial charge >= 0.3 is 0 Å². The molecule has 2 N–H and O–H groups in total. The molecule has 2 aromatic rings. The van der Waals surface area contributed by atoms with E-state index >= 15 is 0 Å². The van der Waals surface area contributed by atoms with Crippen molar-refractivity contribution in [2.24, 2.45) is 0 Å². The second-order valence-corrected chi connectivity index (χ2v) is 3.41. The molecule has 0 amide bonds. The summed E-state index contributed by atoms with van der Waals surface area (Å²) >= 11 is 3.40. The van der Waals surface area contributed by atoms with Crippen molar-refractivity contribution in [2.75, 3.05) is 5.73 Å². The van der Waals surface area contributed by atoms with E-state index in [1.165, 1.54) is 6.33 Å². The van der Waals surface area contributed by atoms with E-state index < -0.39 is 0 Å². The molecule has 1 aromatic heterocycles. The van der Waals surface area contributed by atoms with Gasteiger partial charge in [0.05, 0.1) is 5.69 Å². The van der Waals surface area contributed by atoms with Gasteiger partial charge in [-0.15, -0.1) is 0 Å². The largest absolute Gasteiger partial charge is 0.399 e. The van der Waals surface area contributed by atoms with Crippen molar-refractivity contribution >= 4 is 21.6 Å². The zero-order valence-electron chi connectivity index (χ0n) is 6.68. The van der Waals surface area contributed by atoms with Gasteiger partial charge in [0.25, 0.3) is 0 Å². The molecule has 0 saturated carbocycles. The Labute approximate surface area is 83.5 Å². The highest BCUT2D eigenvalue weighted by atomic mass is 79.9. The summed E-state index contributed by atoms with van der Waals surface area (Å²) < 4.78 is 2.57. The standard InChI is InChI=1S/C8H7BrN4/c9-7-3-6(10)1-2-8(7)13-5-11-4-12-13/h1-5H,10H2. The Morgan fingerprint density at radius 1 is 1.38 bits per heavy atom. The molecule has 4 nitrogen and oxygen atoms in total. The van der Waals surface area contributed by atoms with Crippen LogP contribution in [0.15, 0.2) is 35.3 Å². The van der Waals surface area contributed by atoms with E-state index in [2.05, 4.69) is 26.0 Å². The van der Waals surface area contributed by atoms with Crippen LogP contribution in [0.5, 0.6) is 0 Å². The van der Waals surface area contributed by atoms with E-state index in [0.717, 1.165) is 15.8 Å². The van der Waals surface area contributed by atoms with E-state index in [9.17, 15) is 0 Å². The molecular weight excluding hydrogens is 232 g/mol. The summed E-state index contributed by atoms with van der Waals surface area (Å²) in [4.78, 5) is 3.86. The lowest BCUT2D eigenvalue weighted by Gasteiger charge is -2.03. The number of anilines is 1. The predicted octanol–water partition coefficient (Wildman–Crippen LogP) is 1.61. The first-order valence-corrected chi connectivity index (χ1v) is 4.47. The van der Waals surface area contributed by atoms with Gasteiger partial charge < -0.3 is 5.73 Å². The molecule has 2 rings (SSSR count). The van der Waals surface area contributed by atoms with Crippen molar-refractivity contribution in [1.82, 2.24) is 14.8 Å². The topological polar surface area (TPSA) is 56.7 Å². The lowest BCUT2D eigenvalue weighted by atomic mass is 10.3. The Hall–Kier alpha value is -1.36. The predicted molar refractivity (Wildman–Crippen MR) is 53.5 cm³/mol. The van der Waals surface area contributed by atoms with Gasteiger partial charge in [0.15, 0.2) is 0 Å². The third-order valence-electron chi connectivity index (χ3n) is 1.64. The number of rotatable bonds is 1. The van der Waals surface area contributed by atoms with Crippen molar-refractivity contribution < 1.29 is 0 Å². The molecule has 0 saturated heterocycles. The van der Waals surface area contributed by atoms with Crippen LogP contribution in [0.4, 0.5) is 5.69 Å². The zero-order valence-corrected chi connectivity index (χ0v) is 8.27. The van der Waals surface area contributed by atoms with Crippen molar-refractivity contribution in [2.45, 2.75) is 0 Å². The maximum atomic E-state index is 5.61. The van der Waals surface area contributed by atoms with E-state index in [4.69, 9.17) is 5.73 Å². The Balaban J connectivity index is 2.53. The SMILES string of the molecule is Nc1ccc(-n2cncn2)c(Br)c1. The maximum Gasteiger partial charge on any atom is 0.138 e. The minimum absolute atomic E-state index is 0.718. The molecule has 0 aliphatic heterocycles.